The van der Waals surface area contributed by atoms with Crippen molar-refractivity contribution >= 4 is 5.78 Å². The first-order valence-electron chi connectivity index (χ1n) is 7.29. The summed E-state index contributed by atoms with van der Waals surface area (Å²) >= 11 is 0. The monoisotopic (exact) mass is 253 g/mol. The third kappa shape index (κ3) is 2.10. The molecular formula is C14H23NO3. The lowest BCUT2D eigenvalue weighted by molar-refractivity contribution is -0.201. The topological polar surface area (TPSA) is 38.8 Å². The highest BCUT2D eigenvalue weighted by molar-refractivity contribution is 5.83. The van der Waals surface area contributed by atoms with Gasteiger partial charge in [0.1, 0.15) is 5.78 Å². The van der Waals surface area contributed by atoms with E-state index in [9.17, 15) is 4.79 Å². The fourth-order valence-corrected chi connectivity index (χ4v) is 3.84. The molecule has 3 aliphatic rings. The molecule has 0 N–H and O–H groups in total. The van der Waals surface area contributed by atoms with E-state index >= 15 is 0 Å². The SMILES string of the molecule is CCCN1CCC(=O)[C@H]2CC3(CC[C@@H]21)OCCO3. The number of Topliss-reactive ketones (excluding diaryl/α,β-unsaturated/α-hetero) is 1. The smallest absolute Gasteiger partial charge is 0.169 e. The Balaban J connectivity index is 1.74. The predicted molar refractivity (Wildman–Crippen MR) is 67.3 cm³/mol. The van der Waals surface area contributed by atoms with Crippen molar-refractivity contribution in [2.45, 2.75) is 50.9 Å². The molecule has 2 heterocycles. The van der Waals surface area contributed by atoms with Crippen molar-refractivity contribution in [1.82, 2.24) is 4.90 Å². The quantitative estimate of drug-likeness (QED) is 0.749. The van der Waals surface area contributed by atoms with Gasteiger partial charge in [0.15, 0.2) is 5.79 Å². The van der Waals surface area contributed by atoms with Gasteiger partial charge in [-0.2, -0.15) is 0 Å². The van der Waals surface area contributed by atoms with Crippen LogP contribution in [-0.4, -0.2) is 48.8 Å². The van der Waals surface area contributed by atoms with Crippen molar-refractivity contribution in [3.05, 3.63) is 0 Å². The molecule has 102 valence electrons. The summed E-state index contributed by atoms with van der Waals surface area (Å²) in [4.78, 5) is 14.7. The molecule has 18 heavy (non-hydrogen) atoms. The molecule has 1 aliphatic carbocycles. The Morgan fingerprint density at radius 1 is 1.39 bits per heavy atom. The van der Waals surface area contributed by atoms with E-state index in [1.165, 1.54) is 0 Å². The zero-order valence-electron chi connectivity index (χ0n) is 11.2. The number of hydrogen-bond acceptors (Lipinski definition) is 4. The molecule has 1 spiro atoms. The van der Waals surface area contributed by atoms with Crippen LogP contribution in [0.15, 0.2) is 0 Å². The summed E-state index contributed by atoms with van der Waals surface area (Å²) in [5.74, 6) is 0.133. The first-order chi connectivity index (χ1) is 8.74. The van der Waals surface area contributed by atoms with Crippen molar-refractivity contribution in [2.75, 3.05) is 26.3 Å². The molecule has 0 unspecified atom stereocenters. The molecule has 2 saturated heterocycles. The molecule has 1 saturated carbocycles. The summed E-state index contributed by atoms with van der Waals surface area (Å²) in [7, 11) is 0. The van der Waals surface area contributed by atoms with Gasteiger partial charge in [-0.3, -0.25) is 9.69 Å². The number of fused-ring (bicyclic) bond motifs is 1. The molecule has 0 aromatic rings. The van der Waals surface area contributed by atoms with Crippen molar-refractivity contribution in [3.63, 3.8) is 0 Å². The lowest BCUT2D eigenvalue weighted by Crippen LogP contribution is -2.56. The molecular weight excluding hydrogens is 230 g/mol. The molecule has 0 bridgehead atoms. The van der Waals surface area contributed by atoms with Crippen LogP contribution in [0.4, 0.5) is 0 Å². The molecule has 0 aromatic heterocycles. The van der Waals surface area contributed by atoms with Crippen LogP contribution >= 0.6 is 0 Å². The van der Waals surface area contributed by atoms with Gasteiger partial charge in [0.25, 0.3) is 0 Å². The van der Waals surface area contributed by atoms with Gasteiger partial charge >= 0.3 is 0 Å². The van der Waals surface area contributed by atoms with E-state index in [1.54, 1.807) is 0 Å². The second-order valence-corrected chi connectivity index (χ2v) is 5.78. The molecule has 3 fully saturated rings. The maximum Gasteiger partial charge on any atom is 0.169 e. The molecule has 0 radical (unpaired) electrons. The molecule has 0 amide bonds. The van der Waals surface area contributed by atoms with Gasteiger partial charge < -0.3 is 9.47 Å². The third-order valence-corrected chi connectivity index (χ3v) is 4.67. The first-order valence-corrected chi connectivity index (χ1v) is 7.29. The van der Waals surface area contributed by atoms with Gasteiger partial charge in [0.2, 0.25) is 0 Å². The number of hydrogen-bond donors (Lipinski definition) is 0. The lowest BCUT2D eigenvalue weighted by Gasteiger charge is -2.47. The molecule has 4 heteroatoms. The molecule has 2 atom stereocenters. The van der Waals surface area contributed by atoms with Gasteiger partial charge in [-0.05, 0) is 19.4 Å². The zero-order chi connectivity index (χ0) is 12.6. The van der Waals surface area contributed by atoms with Crippen LogP contribution in [0, 0.1) is 5.92 Å². The minimum absolute atomic E-state index is 0.136. The van der Waals surface area contributed by atoms with Crippen molar-refractivity contribution < 1.29 is 14.3 Å². The number of piperidine rings is 1. The van der Waals surface area contributed by atoms with Gasteiger partial charge in [0.05, 0.1) is 13.2 Å². The zero-order valence-corrected chi connectivity index (χ0v) is 11.2. The van der Waals surface area contributed by atoms with Crippen LogP contribution in [0.1, 0.15) is 39.0 Å². The minimum Gasteiger partial charge on any atom is -0.348 e. The van der Waals surface area contributed by atoms with E-state index in [1.807, 2.05) is 0 Å². The second kappa shape index (κ2) is 4.91. The number of rotatable bonds is 2. The summed E-state index contributed by atoms with van der Waals surface area (Å²) in [6.45, 7) is 5.64. The molecule has 3 rings (SSSR count). The molecule has 2 aliphatic heterocycles. The molecule has 4 nitrogen and oxygen atoms in total. The van der Waals surface area contributed by atoms with Gasteiger partial charge in [-0.25, -0.2) is 0 Å². The summed E-state index contributed by atoms with van der Waals surface area (Å²) in [6.07, 6.45) is 4.63. The van der Waals surface area contributed by atoms with E-state index in [4.69, 9.17) is 9.47 Å². The number of nitrogens with zero attached hydrogens (tertiary/aromatic N) is 1. The summed E-state index contributed by atoms with van der Waals surface area (Å²) < 4.78 is 11.6. The van der Waals surface area contributed by atoms with E-state index in [-0.39, 0.29) is 5.92 Å². The number of likely N-dealkylation sites (tertiary alicyclic amines) is 1. The fraction of sp³-hybridized carbons (Fsp3) is 0.929. The van der Waals surface area contributed by atoms with Gasteiger partial charge in [-0.1, -0.05) is 6.92 Å². The van der Waals surface area contributed by atoms with Gasteiger partial charge in [-0.15, -0.1) is 0 Å². The van der Waals surface area contributed by atoms with Gasteiger partial charge in [0, 0.05) is 37.8 Å². The van der Waals surface area contributed by atoms with Crippen LogP contribution in [0.25, 0.3) is 0 Å². The average molecular weight is 253 g/mol. The van der Waals surface area contributed by atoms with Crippen LogP contribution in [0.5, 0.6) is 0 Å². The summed E-state index contributed by atoms with van der Waals surface area (Å²) in [5.41, 5.74) is 0. The minimum atomic E-state index is -0.425. The van der Waals surface area contributed by atoms with Crippen molar-refractivity contribution in [3.8, 4) is 0 Å². The summed E-state index contributed by atoms with van der Waals surface area (Å²) in [6, 6.07) is 0.435. The number of ether oxygens (including phenoxy) is 2. The largest absolute Gasteiger partial charge is 0.348 e. The van der Waals surface area contributed by atoms with Crippen molar-refractivity contribution in [2.24, 2.45) is 5.92 Å². The van der Waals surface area contributed by atoms with E-state index in [0.29, 0.717) is 31.5 Å². The van der Waals surface area contributed by atoms with E-state index in [0.717, 1.165) is 38.8 Å². The molecule has 0 aromatic carbocycles. The highest BCUT2D eigenvalue weighted by Crippen LogP contribution is 2.42. The van der Waals surface area contributed by atoms with Crippen LogP contribution in [-0.2, 0) is 14.3 Å². The Kier molecular flexibility index (Phi) is 3.43. The standard InChI is InChI=1S/C14H23NO3/c1-2-6-15-7-4-13(16)11-10-14(5-3-12(11)15)17-8-9-18-14/h11-12H,2-10H2,1H3/t11-,12-/m0/s1. The third-order valence-electron chi connectivity index (χ3n) is 4.67. The first kappa shape index (κ1) is 12.6. The van der Waals surface area contributed by atoms with Crippen LogP contribution < -0.4 is 0 Å². The number of carbonyl (C=O) groups is 1. The van der Waals surface area contributed by atoms with Crippen LogP contribution in [0.3, 0.4) is 0 Å². The normalized spacial score (nSPS) is 35.9. The number of ketones is 1. The Labute approximate surface area is 109 Å². The van der Waals surface area contributed by atoms with E-state index < -0.39 is 5.79 Å². The Bertz CT molecular complexity index is 325. The lowest BCUT2D eigenvalue weighted by atomic mass is 9.74. The van der Waals surface area contributed by atoms with Crippen LogP contribution in [0.2, 0.25) is 0 Å². The number of carbonyl (C=O) groups excluding carboxylic acids is 1. The maximum absolute atomic E-state index is 12.2. The Hall–Kier alpha value is -0.450. The predicted octanol–water partition coefficient (Wildman–Crippen LogP) is 1.58. The van der Waals surface area contributed by atoms with E-state index in [2.05, 4.69) is 11.8 Å². The summed E-state index contributed by atoms with van der Waals surface area (Å²) in [5, 5.41) is 0. The average Bonchev–Trinajstić information content (AvgIpc) is 2.82. The maximum atomic E-state index is 12.2. The highest BCUT2D eigenvalue weighted by Gasteiger charge is 2.49. The Morgan fingerprint density at radius 3 is 2.89 bits per heavy atom. The van der Waals surface area contributed by atoms with Crippen molar-refractivity contribution in [1.29, 1.82) is 0 Å². The fourth-order valence-electron chi connectivity index (χ4n) is 3.84. The second-order valence-electron chi connectivity index (χ2n) is 5.78. The highest BCUT2D eigenvalue weighted by atomic mass is 16.7. The Morgan fingerprint density at radius 2 is 2.17 bits per heavy atom.